The highest BCUT2D eigenvalue weighted by atomic mass is 19.3. The smallest absolute Gasteiger partial charge is 0.387 e. The molecule has 0 radical (unpaired) electrons. The zero-order valence-electron chi connectivity index (χ0n) is 13.7. The molecule has 0 spiro atoms. The lowest BCUT2D eigenvalue weighted by molar-refractivity contribution is -0.115. The molecule has 0 aliphatic carbocycles. The molecule has 0 aliphatic rings. The molecule has 2 aromatic carbocycles. The van der Waals surface area contributed by atoms with E-state index in [1.165, 1.54) is 32.2 Å². The van der Waals surface area contributed by atoms with Crippen LogP contribution in [0.25, 0.3) is 0 Å². The molecule has 1 N–H and O–H groups in total. The predicted molar refractivity (Wildman–Crippen MR) is 88.4 cm³/mol. The number of alkyl halides is 2. The van der Waals surface area contributed by atoms with Crippen LogP contribution in [0.3, 0.4) is 0 Å². The van der Waals surface area contributed by atoms with Crippen LogP contribution in [0.1, 0.15) is 22.8 Å². The van der Waals surface area contributed by atoms with Crippen LogP contribution in [0.5, 0.6) is 11.5 Å². The number of ether oxygens (including phenoxy) is 2. The van der Waals surface area contributed by atoms with Gasteiger partial charge in [-0.1, -0.05) is 12.1 Å². The van der Waals surface area contributed by atoms with Gasteiger partial charge in [-0.15, -0.1) is 0 Å². The van der Waals surface area contributed by atoms with Crippen LogP contribution in [0, 0.1) is 0 Å². The lowest BCUT2D eigenvalue weighted by atomic mass is 10.0. The second-order valence-corrected chi connectivity index (χ2v) is 5.18. The van der Waals surface area contributed by atoms with Crippen LogP contribution >= 0.6 is 0 Å². The van der Waals surface area contributed by atoms with Crippen molar-refractivity contribution in [2.75, 3.05) is 12.4 Å². The van der Waals surface area contributed by atoms with E-state index in [1.807, 2.05) is 0 Å². The Morgan fingerprint density at radius 2 is 1.84 bits per heavy atom. The first kappa shape index (κ1) is 18.4. The van der Waals surface area contributed by atoms with Gasteiger partial charge in [-0.3, -0.25) is 9.59 Å². The number of rotatable bonds is 7. The minimum Gasteiger partial charge on any atom is -0.496 e. The van der Waals surface area contributed by atoms with Crippen LogP contribution in [-0.2, 0) is 11.2 Å². The molecule has 2 rings (SSSR count). The van der Waals surface area contributed by atoms with Gasteiger partial charge in [-0.05, 0) is 37.3 Å². The number of halogens is 2. The lowest BCUT2D eigenvalue weighted by Crippen LogP contribution is -2.16. The summed E-state index contributed by atoms with van der Waals surface area (Å²) in [5.41, 5.74) is 1.10. The van der Waals surface area contributed by atoms with Gasteiger partial charge in [0.25, 0.3) is 0 Å². The number of Topliss-reactive ketones (excluding diaryl/α,β-unsaturated/α-hetero) is 1. The Bertz CT molecular complexity index is 777. The molecule has 0 aromatic heterocycles. The van der Waals surface area contributed by atoms with E-state index < -0.39 is 12.5 Å². The van der Waals surface area contributed by atoms with E-state index in [4.69, 9.17) is 4.74 Å². The van der Waals surface area contributed by atoms with Gasteiger partial charge in [0, 0.05) is 11.1 Å². The van der Waals surface area contributed by atoms with E-state index in [0.717, 1.165) is 0 Å². The number of methoxy groups -OCH3 is 1. The highest BCUT2D eigenvalue weighted by Gasteiger charge is 2.14. The number of carbonyl (C=O) groups is 2. The zero-order chi connectivity index (χ0) is 18.4. The molecule has 7 heteroatoms. The monoisotopic (exact) mass is 349 g/mol. The lowest BCUT2D eigenvalue weighted by Gasteiger charge is -2.13. The molecule has 0 atom stereocenters. The maximum atomic E-state index is 12.4. The first-order valence-electron chi connectivity index (χ1n) is 7.42. The Hall–Kier alpha value is -2.96. The number of hydrogen-bond donors (Lipinski definition) is 1. The third kappa shape index (κ3) is 5.00. The van der Waals surface area contributed by atoms with E-state index in [-0.39, 0.29) is 23.6 Å². The normalized spacial score (nSPS) is 10.4. The maximum Gasteiger partial charge on any atom is 0.387 e. The highest BCUT2D eigenvalue weighted by Crippen LogP contribution is 2.26. The van der Waals surface area contributed by atoms with Gasteiger partial charge in [-0.25, -0.2) is 0 Å². The summed E-state index contributed by atoms with van der Waals surface area (Å²) in [5.74, 6) is -0.267. The number of hydrogen-bond acceptors (Lipinski definition) is 4. The first-order chi connectivity index (χ1) is 11.9. The Labute approximate surface area is 143 Å². The van der Waals surface area contributed by atoms with Gasteiger partial charge in [0.05, 0.1) is 19.2 Å². The molecule has 0 heterocycles. The molecule has 0 aliphatic heterocycles. The van der Waals surface area contributed by atoms with Gasteiger partial charge in [0.2, 0.25) is 5.91 Å². The van der Waals surface area contributed by atoms with Crippen LogP contribution in [0.2, 0.25) is 0 Å². The van der Waals surface area contributed by atoms with E-state index in [9.17, 15) is 18.4 Å². The van der Waals surface area contributed by atoms with Crippen molar-refractivity contribution < 1.29 is 27.8 Å². The third-order valence-corrected chi connectivity index (χ3v) is 3.42. The van der Waals surface area contributed by atoms with Gasteiger partial charge in [-0.2, -0.15) is 8.78 Å². The second kappa shape index (κ2) is 8.23. The van der Waals surface area contributed by atoms with Crippen molar-refractivity contribution in [3.8, 4) is 11.5 Å². The van der Waals surface area contributed by atoms with Crippen LogP contribution < -0.4 is 14.8 Å². The molecule has 132 valence electrons. The van der Waals surface area contributed by atoms with Crippen molar-refractivity contribution in [3.63, 3.8) is 0 Å². The molecular weight excluding hydrogens is 332 g/mol. The minimum atomic E-state index is -3.00. The van der Waals surface area contributed by atoms with E-state index in [0.29, 0.717) is 16.9 Å². The fourth-order valence-corrected chi connectivity index (χ4v) is 2.27. The summed E-state index contributed by atoms with van der Waals surface area (Å²) in [6.07, 6.45) is -0.0900. The fourth-order valence-electron chi connectivity index (χ4n) is 2.27. The SMILES string of the molecule is COc1ccc(C(C)=O)cc1CC(=O)Nc1ccccc1OC(F)F. The Morgan fingerprint density at radius 1 is 1.12 bits per heavy atom. The summed E-state index contributed by atoms with van der Waals surface area (Å²) in [4.78, 5) is 23.8. The van der Waals surface area contributed by atoms with Gasteiger partial charge in [0.15, 0.2) is 5.78 Å². The fraction of sp³-hybridized carbons (Fsp3) is 0.222. The molecule has 5 nitrogen and oxygen atoms in total. The summed E-state index contributed by atoms with van der Waals surface area (Å²) in [5, 5.41) is 2.53. The number of amides is 1. The molecule has 25 heavy (non-hydrogen) atoms. The standard InChI is InChI=1S/C18H17F2NO4/c1-11(22)12-7-8-15(24-2)13(9-12)10-17(23)21-14-5-3-4-6-16(14)25-18(19)20/h3-9,18H,10H2,1-2H3,(H,21,23). The maximum absolute atomic E-state index is 12.4. The summed E-state index contributed by atoms with van der Waals surface area (Å²) in [7, 11) is 1.45. The highest BCUT2D eigenvalue weighted by molar-refractivity contribution is 5.96. The third-order valence-electron chi connectivity index (χ3n) is 3.42. The van der Waals surface area contributed by atoms with E-state index in [1.54, 1.807) is 24.3 Å². The quantitative estimate of drug-likeness (QED) is 0.775. The average molecular weight is 349 g/mol. The van der Waals surface area contributed by atoms with Crippen molar-refractivity contribution in [1.29, 1.82) is 0 Å². The second-order valence-electron chi connectivity index (χ2n) is 5.18. The molecule has 0 unspecified atom stereocenters. The Morgan fingerprint density at radius 3 is 2.48 bits per heavy atom. The van der Waals surface area contributed by atoms with Crippen LogP contribution in [0.4, 0.5) is 14.5 Å². The molecule has 0 saturated carbocycles. The van der Waals surface area contributed by atoms with E-state index in [2.05, 4.69) is 10.1 Å². The van der Waals surface area contributed by atoms with Crippen molar-refractivity contribution in [3.05, 3.63) is 53.6 Å². The summed E-state index contributed by atoms with van der Waals surface area (Å²) in [6, 6.07) is 10.7. The molecule has 0 fully saturated rings. The summed E-state index contributed by atoms with van der Waals surface area (Å²) >= 11 is 0. The van der Waals surface area contributed by atoms with Crippen molar-refractivity contribution in [1.82, 2.24) is 0 Å². The summed E-state index contributed by atoms with van der Waals surface area (Å²) in [6.45, 7) is -1.57. The molecule has 2 aromatic rings. The van der Waals surface area contributed by atoms with Crippen molar-refractivity contribution in [2.45, 2.75) is 20.0 Å². The van der Waals surface area contributed by atoms with Crippen LogP contribution in [-0.4, -0.2) is 25.4 Å². The number of ketones is 1. The summed E-state index contributed by atoms with van der Waals surface area (Å²) < 4.78 is 34.4. The number of nitrogens with one attached hydrogen (secondary N) is 1. The van der Waals surface area contributed by atoms with Gasteiger partial charge >= 0.3 is 6.61 Å². The number of para-hydroxylation sites is 2. The van der Waals surface area contributed by atoms with Crippen molar-refractivity contribution >= 4 is 17.4 Å². The van der Waals surface area contributed by atoms with Crippen molar-refractivity contribution in [2.24, 2.45) is 0 Å². The first-order valence-corrected chi connectivity index (χ1v) is 7.42. The zero-order valence-corrected chi connectivity index (χ0v) is 13.7. The molecule has 0 bridgehead atoms. The van der Waals surface area contributed by atoms with Crippen LogP contribution in [0.15, 0.2) is 42.5 Å². The Balaban J connectivity index is 2.18. The molecule has 0 saturated heterocycles. The average Bonchev–Trinajstić information content (AvgIpc) is 2.56. The number of benzene rings is 2. The molecular formula is C18H17F2NO4. The minimum absolute atomic E-state index is 0.0900. The number of carbonyl (C=O) groups excluding carboxylic acids is 2. The number of anilines is 1. The van der Waals surface area contributed by atoms with E-state index >= 15 is 0 Å². The topological polar surface area (TPSA) is 64.6 Å². The van der Waals surface area contributed by atoms with Gasteiger partial charge < -0.3 is 14.8 Å². The van der Waals surface area contributed by atoms with Gasteiger partial charge in [0.1, 0.15) is 11.5 Å². The molecule has 1 amide bonds. The predicted octanol–water partition coefficient (Wildman–Crippen LogP) is 3.68. The Kier molecular flexibility index (Phi) is 6.05. The largest absolute Gasteiger partial charge is 0.496 e.